The Balaban J connectivity index is 1.39. The monoisotopic (exact) mass is 379 g/mol. The average Bonchev–Trinajstić information content (AvgIpc) is 3.09. The van der Waals surface area contributed by atoms with Crippen molar-refractivity contribution in [3.63, 3.8) is 0 Å². The molecule has 4 rings (SSSR count). The Bertz CT molecular complexity index is 963. The lowest BCUT2D eigenvalue weighted by molar-refractivity contribution is -0.130. The number of hydrogen-bond acceptors (Lipinski definition) is 4. The predicted octanol–water partition coefficient (Wildman–Crippen LogP) is 3.68. The Hall–Kier alpha value is -3.15. The van der Waals surface area contributed by atoms with Gasteiger partial charge in [-0.2, -0.15) is 0 Å². The number of hydrogen-bond donors (Lipinski definition) is 0. The molecule has 0 spiro atoms. The fraction of sp³-hybridized carbons (Fsp3) is 0.273. The van der Waals surface area contributed by atoms with Gasteiger partial charge in [-0.3, -0.25) is 4.79 Å². The molecule has 0 aliphatic carbocycles. The first-order valence-electron chi connectivity index (χ1n) is 9.41. The molecular weight excluding hydrogens is 357 g/mol. The van der Waals surface area contributed by atoms with Crippen LogP contribution in [0.2, 0.25) is 0 Å². The van der Waals surface area contributed by atoms with Crippen molar-refractivity contribution in [2.24, 2.45) is 0 Å². The Kier molecular flexibility index (Phi) is 5.10. The maximum absolute atomic E-state index is 14.0. The van der Waals surface area contributed by atoms with Crippen LogP contribution in [-0.2, 0) is 11.2 Å². The van der Waals surface area contributed by atoms with Crippen LogP contribution in [-0.4, -0.2) is 42.0 Å². The molecule has 5 nitrogen and oxygen atoms in total. The van der Waals surface area contributed by atoms with Gasteiger partial charge >= 0.3 is 0 Å². The molecule has 2 heterocycles. The number of oxazole rings is 1. The summed E-state index contributed by atoms with van der Waals surface area (Å²) in [7, 11) is 0. The molecule has 2 aromatic carbocycles. The van der Waals surface area contributed by atoms with E-state index in [1.165, 1.54) is 6.07 Å². The SMILES string of the molecule is Cc1oc(-c2ccccc2)nc1CC(=O)N1CCN(c2ccccc2F)CC1. The molecule has 3 aromatic rings. The molecule has 1 aliphatic rings. The Morgan fingerprint density at radius 2 is 1.71 bits per heavy atom. The standard InChI is InChI=1S/C22H22FN3O2/c1-16-19(24-22(28-16)17-7-3-2-4-8-17)15-21(27)26-13-11-25(12-14-26)20-10-6-5-9-18(20)23/h2-10H,11-15H2,1H3. The van der Waals surface area contributed by atoms with Gasteiger partial charge in [0, 0.05) is 31.7 Å². The van der Waals surface area contributed by atoms with E-state index in [1.807, 2.05) is 53.1 Å². The third-order valence-corrected chi connectivity index (χ3v) is 5.06. The molecule has 0 N–H and O–H groups in total. The van der Waals surface area contributed by atoms with Gasteiger partial charge in [0.1, 0.15) is 11.6 Å². The minimum atomic E-state index is -0.228. The summed E-state index contributed by atoms with van der Waals surface area (Å²) in [6.07, 6.45) is 0.210. The summed E-state index contributed by atoms with van der Waals surface area (Å²) in [5.41, 5.74) is 2.15. The quantitative estimate of drug-likeness (QED) is 0.694. The minimum absolute atomic E-state index is 0.0178. The van der Waals surface area contributed by atoms with E-state index < -0.39 is 0 Å². The molecule has 0 atom stereocenters. The van der Waals surface area contributed by atoms with E-state index in [2.05, 4.69) is 4.98 Å². The fourth-order valence-electron chi connectivity index (χ4n) is 3.46. The zero-order valence-electron chi connectivity index (χ0n) is 15.8. The van der Waals surface area contributed by atoms with Crippen LogP contribution in [0.4, 0.5) is 10.1 Å². The van der Waals surface area contributed by atoms with Gasteiger partial charge in [0.2, 0.25) is 11.8 Å². The minimum Gasteiger partial charge on any atom is -0.441 e. The van der Waals surface area contributed by atoms with Crippen LogP contribution in [0.15, 0.2) is 59.0 Å². The third-order valence-electron chi connectivity index (χ3n) is 5.06. The van der Waals surface area contributed by atoms with E-state index >= 15 is 0 Å². The second kappa shape index (κ2) is 7.84. The number of aromatic nitrogens is 1. The highest BCUT2D eigenvalue weighted by Crippen LogP contribution is 2.23. The molecule has 0 unspecified atom stereocenters. The number of aryl methyl sites for hydroxylation is 1. The predicted molar refractivity (Wildman–Crippen MR) is 106 cm³/mol. The summed E-state index contributed by atoms with van der Waals surface area (Å²) in [5.74, 6) is 0.987. The third kappa shape index (κ3) is 3.76. The first-order valence-corrected chi connectivity index (χ1v) is 9.41. The number of piperazine rings is 1. The second-order valence-corrected chi connectivity index (χ2v) is 6.88. The van der Waals surface area contributed by atoms with Gasteiger partial charge in [-0.1, -0.05) is 30.3 Å². The number of anilines is 1. The van der Waals surface area contributed by atoms with Crippen LogP contribution < -0.4 is 4.90 Å². The Morgan fingerprint density at radius 1 is 1.04 bits per heavy atom. The molecule has 1 saturated heterocycles. The van der Waals surface area contributed by atoms with E-state index in [4.69, 9.17) is 4.42 Å². The van der Waals surface area contributed by atoms with Crippen LogP contribution in [0.3, 0.4) is 0 Å². The molecule has 1 fully saturated rings. The van der Waals surface area contributed by atoms with Crippen molar-refractivity contribution in [1.29, 1.82) is 0 Å². The summed E-state index contributed by atoms with van der Waals surface area (Å²) in [4.78, 5) is 21.0. The normalized spacial score (nSPS) is 14.4. The summed E-state index contributed by atoms with van der Waals surface area (Å²) >= 11 is 0. The number of carbonyl (C=O) groups excluding carboxylic acids is 1. The molecule has 1 aromatic heterocycles. The fourth-order valence-corrected chi connectivity index (χ4v) is 3.46. The maximum atomic E-state index is 14.0. The topological polar surface area (TPSA) is 49.6 Å². The van der Waals surface area contributed by atoms with Crippen molar-refractivity contribution in [2.75, 3.05) is 31.1 Å². The Morgan fingerprint density at radius 3 is 2.43 bits per heavy atom. The highest BCUT2D eigenvalue weighted by atomic mass is 19.1. The second-order valence-electron chi connectivity index (χ2n) is 6.88. The summed E-state index contributed by atoms with van der Waals surface area (Å²) in [6.45, 7) is 4.18. The van der Waals surface area contributed by atoms with Crippen LogP contribution in [0, 0.1) is 12.7 Å². The van der Waals surface area contributed by atoms with Gasteiger partial charge in [-0.15, -0.1) is 0 Å². The zero-order valence-corrected chi connectivity index (χ0v) is 15.8. The molecule has 144 valence electrons. The van der Waals surface area contributed by atoms with Crippen molar-refractivity contribution in [3.8, 4) is 11.5 Å². The summed E-state index contributed by atoms with van der Waals surface area (Å²) in [6, 6.07) is 16.4. The first kappa shape index (κ1) is 18.2. The molecule has 28 heavy (non-hydrogen) atoms. The van der Waals surface area contributed by atoms with Crippen molar-refractivity contribution < 1.29 is 13.6 Å². The van der Waals surface area contributed by atoms with Gasteiger partial charge in [-0.05, 0) is 31.2 Å². The molecule has 1 aliphatic heterocycles. The number of amides is 1. The lowest BCUT2D eigenvalue weighted by Gasteiger charge is -2.36. The number of benzene rings is 2. The first-order chi connectivity index (χ1) is 13.6. The van der Waals surface area contributed by atoms with E-state index in [0.29, 0.717) is 49.2 Å². The van der Waals surface area contributed by atoms with Gasteiger partial charge in [0.05, 0.1) is 17.8 Å². The smallest absolute Gasteiger partial charge is 0.228 e. The van der Waals surface area contributed by atoms with Gasteiger partial charge in [0.15, 0.2) is 0 Å². The van der Waals surface area contributed by atoms with Crippen molar-refractivity contribution in [3.05, 3.63) is 71.9 Å². The summed E-state index contributed by atoms with van der Waals surface area (Å²) in [5, 5.41) is 0. The van der Waals surface area contributed by atoms with E-state index in [1.54, 1.807) is 12.1 Å². The lowest BCUT2D eigenvalue weighted by atomic mass is 10.2. The summed E-state index contributed by atoms with van der Waals surface area (Å²) < 4.78 is 19.7. The molecule has 1 amide bonds. The molecule has 0 radical (unpaired) electrons. The molecule has 0 saturated carbocycles. The number of rotatable bonds is 4. The molecule has 6 heteroatoms. The van der Waals surface area contributed by atoms with Crippen LogP contribution in [0.25, 0.3) is 11.5 Å². The van der Waals surface area contributed by atoms with E-state index in [-0.39, 0.29) is 18.1 Å². The molecule has 0 bridgehead atoms. The van der Waals surface area contributed by atoms with E-state index in [9.17, 15) is 9.18 Å². The lowest BCUT2D eigenvalue weighted by Crippen LogP contribution is -2.49. The number of nitrogens with zero attached hydrogens (tertiary/aromatic N) is 3. The van der Waals surface area contributed by atoms with Crippen molar-refractivity contribution in [2.45, 2.75) is 13.3 Å². The maximum Gasteiger partial charge on any atom is 0.228 e. The highest BCUT2D eigenvalue weighted by Gasteiger charge is 2.24. The zero-order chi connectivity index (χ0) is 19.5. The van der Waals surface area contributed by atoms with Gasteiger partial charge in [0.25, 0.3) is 0 Å². The Labute approximate surface area is 163 Å². The van der Waals surface area contributed by atoms with Crippen LogP contribution >= 0.6 is 0 Å². The van der Waals surface area contributed by atoms with Crippen molar-refractivity contribution >= 4 is 11.6 Å². The van der Waals surface area contributed by atoms with E-state index in [0.717, 1.165) is 5.56 Å². The van der Waals surface area contributed by atoms with Crippen LogP contribution in [0.5, 0.6) is 0 Å². The largest absolute Gasteiger partial charge is 0.441 e. The number of para-hydroxylation sites is 1. The van der Waals surface area contributed by atoms with Crippen LogP contribution in [0.1, 0.15) is 11.5 Å². The highest BCUT2D eigenvalue weighted by molar-refractivity contribution is 5.79. The number of carbonyl (C=O) groups is 1. The number of halogens is 1. The average molecular weight is 379 g/mol. The van der Waals surface area contributed by atoms with Crippen molar-refractivity contribution in [1.82, 2.24) is 9.88 Å². The van der Waals surface area contributed by atoms with Gasteiger partial charge in [-0.25, -0.2) is 9.37 Å². The van der Waals surface area contributed by atoms with Gasteiger partial charge < -0.3 is 14.2 Å². The molecular formula is C22H22FN3O2.